The van der Waals surface area contributed by atoms with Crippen molar-refractivity contribution >= 4 is 34.7 Å². The smallest absolute Gasteiger partial charge is 0.323 e. The van der Waals surface area contributed by atoms with E-state index in [0.717, 1.165) is 43.0 Å². The lowest BCUT2D eigenvalue weighted by Gasteiger charge is -2.34. The minimum atomic E-state index is -0.300. The maximum absolute atomic E-state index is 12.3. The van der Waals surface area contributed by atoms with Gasteiger partial charge in [-0.15, -0.1) is 0 Å². The minimum absolute atomic E-state index is 0.300. The fourth-order valence-electron chi connectivity index (χ4n) is 3.17. The lowest BCUT2D eigenvalue weighted by atomic mass is 10.1. The zero-order valence-corrected chi connectivity index (χ0v) is 16.2. The first-order valence-electron chi connectivity index (χ1n) is 8.80. The molecule has 2 N–H and O–H groups in total. The normalized spacial score (nSPS) is 15.0. The Balaban J connectivity index is 1.61. The van der Waals surface area contributed by atoms with Crippen LogP contribution in [0.4, 0.5) is 21.9 Å². The topological polar surface area (TPSA) is 47.6 Å². The molecule has 2 aromatic rings. The quantitative estimate of drug-likeness (QED) is 0.841. The first-order valence-corrected chi connectivity index (χ1v) is 9.18. The molecule has 2 aromatic carbocycles. The average molecular weight is 373 g/mol. The molecule has 1 aliphatic heterocycles. The zero-order chi connectivity index (χ0) is 18.7. The summed E-state index contributed by atoms with van der Waals surface area (Å²) in [5.74, 6) is 0. The summed E-state index contributed by atoms with van der Waals surface area (Å²) in [6.45, 7) is 8.09. The molecular weight excluding hydrogens is 348 g/mol. The number of benzene rings is 2. The number of carbonyl (C=O) groups is 1. The number of urea groups is 1. The van der Waals surface area contributed by atoms with Crippen LogP contribution in [0, 0.1) is 13.8 Å². The third-order valence-corrected chi connectivity index (χ3v) is 4.96. The average Bonchev–Trinajstić information content (AvgIpc) is 2.59. The Morgan fingerprint density at radius 2 is 1.65 bits per heavy atom. The largest absolute Gasteiger partial charge is 0.369 e. The van der Waals surface area contributed by atoms with Crippen molar-refractivity contribution < 1.29 is 4.79 Å². The van der Waals surface area contributed by atoms with Gasteiger partial charge in [0.05, 0.1) is 10.7 Å². The molecule has 0 aromatic heterocycles. The van der Waals surface area contributed by atoms with Crippen LogP contribution in [0.3, 0.4) is 0 Å². The fourth-order valence-corrected chi connectivity index (χ4v) is 3.54. The monoisotopic (exact) mass is 372 g/mol. The highest BCUT2D eigenvalue weighted by molar-refractivity contribution is 6.34. The molecule has 0 bridgehead atoms. The minimum Gasteiger partial charge on any atom is -0.369 e. The number of piperazine rings is 1. The molecule has 0 atom stereocenters. The second-order valence-corrected chi connectivity index (χ2v) is 7.26. The van der Waals surface area contributed by atoms with Crippen LogP contribution in [0.15, 0.2) is 36.4 Å². The SMILES string of the molecule is Cc1cc(C)c(NC(=O)Nc2ccc(N3CCN(C)CC3)cc2)c(Cl)c1. The van der Waals surface area contributed by atoms with Crippen molar-refractivity contribution in [2.24, 2.45) is 0 Å². The van der Waals surface area contributed by atoms with Crippen molar-refractivity contribution in [3.05, 3.63) is 52.5 Å². The highest BCUT2D eigenvalue weighted by atomic mass is 35.5. The van der Waals surface area contributed by atoms with Crippen LogP contribution in [-0.2, 0) is 0 Å². The number of nitrogens with one attached hydrogen (secondary N) is 2. The number of hydrogen-bond donors (Lipinski definition) is 2. The van der Waals surface area contributed by atoms with E-state index in [1.165, 1.54) is 5.69 Å². The molecule has 6 heteroatoms. The van der Waals surface area contributed by atoms with Gasteiger partial charge in [-0.2, -0.15) is 0 Å². The molecular formula is C20H25ClN4O. The van der Waals surface area contributed by atoms with Gasteiger partial charge >= 0.3 is 6.03 Å². The summed E-state index contributed by atoms with van der Waals surface area (Å²) >= 11 is 6.25. The van der Waals surface area contributed by atoms with E-state index in [1.54, 1.807) is 0 Å². The Labute approximate surface area is 159 Å². The van der Waals surface area contributed by atoms with Crippen molar-refractivity contribution in [2.75, 3.05) is 48.8 Å². The predicted octanol–water partition coefficient (Wildman–Crippen LogP) is 4.35. The number of aryl methyl sites for hydroxylation is 2. The number of carbonyl (C=O) groups excluding carboxylic acids is 1. The Morgan fingerprint density at radius 3 is 2.27 bits per heavy atom. The summed E-state index contributed by atoms with van der Waals surface area (Å²) in [5, 5.41) is 6.24. The van der Waals surface area contributed by atoms with Gasteiger partial charge in [0.2, 0.25) is 0 Å². The van der Waals surface area contributed by atoms with E-state index in [9.17, 15) is 4.79 Å². The van der Waals surface area contributed by atoms with Crippen LogP contribution < -0.4 is 15.5 Å². The summed E-state index contributed by atoms with van der Waals surface area (Å²) in [5.41, 5.74) is 4.58. The Kier molecular flexibility index (Phi) is 5.69. The first kappa shape index (κ1) is 18.5. The molecule has 26 heavy (non-hydrogen) atoms. The van der Waals surface area contributed by atoms with Gasteiger partial charge in [0.1, 0.15) is 0 Å². The third-order valence-electron chi connectivity index (χ3n) is 4.66. The van der Waals surface area contributed by atoms with Gasteiger partial charge in [-0.05, 0) is 62.4 Å². The maximum atomic E-state index is 12.3. The molecule has 138 valence electrons. The number of amides is 2. The Morgan fingerprint density at radius 1 is 1.00 bits per heavy atom. The number of anilines is 3. The van der Waals surface area contributed by atoms with Gasteiger partial charge in [0.15, 0.2) is 0 Å². The summed E-state index contributed by atoms with van der Waals surface area (Å²) < 4.78 is 0. The molecule has 1 heterocycles. The highest BCUT2D eigenvalue weighted by Gasteiger charge is 2.14. The second-order valence-electron chi connectivity index (χ2n) is 6.85. The van der Waals surface area contributed by atoms with Crippen LogP contribution in [0.2, 0.25) is 5.02 Å². The third kappa shape index (κ3) is 4.48. The molecule has 2 amide bonds. The van der Waals surface area contributed by atoms with Gasteiger partial charge in [0.25, 0.3) is 0 Å². The summed E-state index contributed by atoms with van der Waals surface area (Å²) in [6, 6.07) is 11.5. The van der Waals surface area contributed by atoms with E-state index >= 15 is 0 Å². The summed E-state index contributed by atoms with van der Waals surface area (Å²) in [4.78, 5) is 17.0. The zero-order valence-electron chi connectivity index (χ0n) is 15.5. The molecule has 0 unspecified atom stereocenters. The number of nitrogens with zero attached hydrogens (tertiary/aromatic N) is 2. The predicted molar refractivity (Wildman–Crippen MR) is 110 cm³/mol. The molecule has 0 radical (unpaired) electrons. The molecule has 3 rings (SSSR count). The highest BCUT2D eigenvalue weighted by Crippen LogP contribution is 2.27. The van der Waals surface area contributed by atoms with Crippen LogP contribution in [0.25, 0.3) is 0 Å². The van der Waals surface area contributed by atoms with Gasteiger partial charge in [-0.25, -0.2) is 4.79 Å². The lowest BCUT2D eigenvalue weighted by molar-refractivity contribution is 0.262. The van der Waals surface area contributed by atoms with Gasteiger partial charge in [0, 0.05) is 37.6 Å². The van der Waals surface area contributed by atoms with E-state index in [1.807, 2.05) is 50.2 Å². The number of hydrogen-bond acceptors (Lipinski definition) is 3. The van der Waals surface area contributed by atoms with Gasteiger partial charge in [-0.1, -0.05) is 17.7 Å². The maximum Gasteiger partial charge on any atom is 0.323 e. The molecule has 1 fully saturated rings. The standard InChI is InChI=1S/C20H25ClN4O/c1-14-12-15(2)19(18(21)13-14)23-20(26)22-16-4-6-17(7-5-16)25-10-8-24(3)9-11-25/h4-7,12-13H,8-11H2,1-3H3,(H2,22,23,26). The van der Waals surface area contributed by atoms with Crippen molar-refractivity contribution in [3.63, 3.8) is 0 Å². The summed E-state index contributed by atoms with van der Waals surface area (Å²) in [7, 11) is 2.14. The Hall–Kier alpha value is -2.24. The van der Waals surface area contributed by atoms with Crippen LogP contribution in [0.1, 0.15) is 11.1 Å². The lowest BCUT2D eigenvalue weighted by Crippen LogP contribution is -2.44. The van der Waals surface area contributed by atoms with Gasteiger partial charge < -0.3 is 20.4 Å². The molecule has 5 nitrogen and oxygen atoms in total. The van der Waals surface area contributed by atoms with E-state index < -0.39 is 0 Å². The number of likely N-dealkylation sites (N-methyl/N-ethyl adjacent to an activating group) is 1. The molecule has 0 aliphatic carbocycles. The molecule has 1 aliphatic rings. The summed E-state index contributed by atoms with van der Waals surface area (Å²) in [6.07, 6.45) is 0. The van der Waals surface area contributed by atoms with E-state index in [-0.39, 0.29) is 6.03 Å². The Bertz CT molecular complexity index is 760. The molecule has 1 saturated heterocycles. The van der Waals surface area contributed by atoms with Gasteiger partial charge in [-0.3, -0.25) is 0 Å². The van der Waals surface area contributed by atoms with Crippen LogP contribution in [-0.4, -0.2) is 44.2 Å². The fraction of sp³-hybridized carbons (Fsp3) is 0.350. The van der Waals surface area contributed by atoms with Crippen molar-refractivity contribution in [1.82, 2.24) is 4.90 Å². The van der Waals surface area contributed by atoms with Crippen LogP contribution in [0.5, 0.6) is 0 Å². The molecule has 0 saturated carbocycles. The van der Waals surface area contributed by atoms with E-state index in [2.05, 4.69) is 27.5 Å². The van der Waals surface area contributed by atoms with E-state index in [0.29, 0.717) is 10.7 Å². The van der Waals surface area contributed by atoms with Crippen molar-refractivity contribution in [2.45, 2.75) is 13.8 Å². The number of rotatable bonds is 3. The van der Waals surface area contributed by atoms with E-state index in [4.69, 9.17) is 11.6 Å². The van der Waals surface area contributed by atoms with Crippen molar-refractivity contribution in [1.29, 1.82) is 0 Å². The number of halogens is 1. The first-order chi connectivity index (χ1) is 12.4. The van der Waals surface area contributed by atoms with Crippen LogP contribution >= 0.6 is 11.6 Å². The molecule has 0 spiro atoms. The van der Waals surface area contributed by atoms with Crippen molar-refractivity contribution in [3.8, 4) is 0 Å². The second kappa shape index (κ2) is 7.98.